The molecule has 1 fully saturated rings. The molecule has 1 aromatic carbocycles. The first-order chi connectivity index (χ1) is 12.4. The molecule has 140 valence electrons. The molecule has 0 bridgehead atoms. The van der Waals surface area contributed by atoms with Gasteiger partial charge in [-0.1, -0.05) is 12.1 Å². The minimum atomic E-state index is -0.0535. The molecule has 2 heterocycles. The van der Waals surface area contributed by atoms with Crippen molar-refractivity contribution in [1.29, 1.82) is 0 Å². The topological polar surface area (TPSA) is 59.4 Å². The van der Waals surface area contributed by atoms with Crippen LogP contribution in [0.15, 0.2) is 24.4 Å². The van der Waals surface area contributed by atoms with Gasteiger partial charge in [0.05, 0.1) is 19.2 Å². The number of carbonyl (C=O) groups excluding carboxylic acids is 1. The van der Waals surface area contributed by atoms with Crippen LogP contribution in [-0.2, 0) is 18.4 Å². The number of benzene rings is 1. The largest absolute Gasteiger partial charge is 0.496 e. The highest BCUT2D eigenvalue weighted by Crippen LogP contribution is 2.31. The summed E-state index contributed by atoms with van der Waals surface area (Å²) in [5, 5.41) is 7.73. The zero-order chi connectivity index (χ0) is 18.8. The van der Waals surface area contributed by atoms with Gasteiger partial charge in [0.25, 0.3) is 0 Å². The Bertz CT molecular complexity index is 799. The summed E-state index contributed by atoms with van der Waals surface area (Å²) in [7, 11) is 5.49. The Morgan fingerprint density at radius 3 is 2.77 bits per heavy atom. The lowest BCUT2D eigenvalue weighted by atomic mass is 9.88. The number of rotatable bonds is 5. The molecule has 26 heavy (non-hydrogen) atoms. The van der Waals surface area contributed by atoms with Crippen LogP contribution in [0.2, 0.25) is 0 Å². The van der Waals surface area contributed by atoms with E-state index in [9.17, 15) is 4.79 Å². The molecule has 0 aliphatic carbocycles. The number of nitrogens with zero attached hydrogens (tertiary/aromatic N) is 3. The lowest BCUT2D eigenvalue weighted by molar-refractivity contribution is -0.134. The highest BCUT2D eigenvalue weighted by Gasteiger charge is 2.37. The molecule has 6 nitrogen and oxygen atoms in total. The van der Waals surface area contributed by atoms with Crippen LogP contribution >= 0.6 is 0 Å². The summed E-state index contributed by atoms with van der Waals surface area (Å²) in [6.07, 6.45) is 1.90. The van der Waals surface area contributed by atoms with Gasteiger partial charge in [-0.05, 0) is 36.6 Å². The molecule has 1 saturated heterocycles. The zero-order valence-corrected chi connectivity index (χ0v) is 16.2. The monoisotopic (exact) mass is 356 g/mol. The van der Waals surface area contributed by atoms with E-state index >= 15 is 0 Å². The van der Waals surface area contributed by atoms with Gasteiger partial charge in [0, 0.05) is 45.3 Å². The summed E-state index contributed by atoms with van der Waals surface area (Å²) < 4.78 is 7.19. The SMILES string of the molecule is COc1ccc(CN(C)C(=O)[C@H]2CNC[C@@H]2c2cnn(C)c2C)cc1C. The molecule has 0 radical (unpaired) electrons. The van der Waals surface area contributed by atoms with E-state index in [1.54, 1.807) is 7.11 Å². The summed E-state index contributed by atoms with van der Waals surface area (Å²) in [4.78, 5) is 14.9. The van der Waals surface area contributed by atoms with Gasteiger partial charge in [-0.25, -0.2) is 0 Å². The van der Waals surface area contributed by atoms with E-state index in [1.165, 1.54) is 5.56 Å². The van der Waals surface area contributed by atoms with Gasteiger partial charge in [-0.2, -0.15) is 5.10 Å². The van der Waals surface area contributed by atoms with Crippen LogP contribution in [0.5, 0.6) is 5.75 Å². The van der Waals surface area contributed by atoms with Crippen molar-refractivity contribution in [2.75, 3.05) is 27.2 Å². The maximum absolute atomic E-state index is 13.1. The van der Waals surface area contributed by atoms with Crippen molar-refractivity contribution in [1.82, 2.24) is 20.0 Å². The summed E-state index contributed by atoms with van der Waals surface area (Å²) in [5.74, 6) is 1.17. The molecule has 0 spiro atoms. The quantitative estimate of drug-likeness (QED) is 0.890. The second-order valence-electron chi connectivity index (χ2n) is 7.18. The molecule has 1 amide bonds. The molecule has 1 aliphatic heterocycles. The molecule has 3 rings (SSSR count). The molecule has 0 saturated carbocycles. The Kier molecular flexibility index (Phi) is 5.32. The first-order valence-corrected chi connectivity index (χ1v) is 9.00. The van der Waals surface area contributed by atoms with Crippen LogP contribution in [0.25, 0.3) is 0 Å². The van der Waals surface area contributed by atoms with Crippen molar-refractivity contribution >= 4 is 5.91 Å². The van der Waals surface area contributed by atoms with Crippen molar-refractivity contribution < 1.29 is 9.53 Å². The van der Waals surface area contributed by atoms with E-state index in [0.717, 1.165) is 29.1 Å². The average molecular weight is 356 g/mol. The molecular weight excluding hydrogens is 328 g/mol. The minimum Gasteiger partial charge on any atom is -0.496 e. The number of hydrogen-bond donors (Lipinski definition) is 1. The lowest BCUT2D eigenvalue weighted by Crippen LogP contribution is -2.35. The van der Waals surface area contributed by atoms with Crippen LogP contribution in [0.4, 0.5) is 0 Å². The van der Waals surface area contributed by atoms with Gasteiger partial charge in [0.1, 0.15) is 5.75 Å². The molecule has 0 unspecified atom stereocenters. The number of aromatic nitrogens is 2. The number of nitrogens with one attached hydrogen (secondary N) is 1. The van der Waals surface area contributed by atoms with Gasteiger partial charge in [-0.3, -0.25) is 9.48 Å². The van der Waals surface area contributed by atoms with Gasteiger partial charge in [0.15, 0.2) is 0 Å². The van der Waals surface area contributed by atoms with Crippen LogP contribution < -0.4 is 10.1 Å². The summed E-state index contributed by atoms with van der Waals surface area (Å²) >= 11 is 0. The number of methoxy groups -OCH3 is 1. The first kappa shape index (κ1) is 18.5. The van der Waals surface area contributed by atoms with E-state index in [2.05, 4.69) is 23.4 Å². The van der Waals surface area contributed by atoms with Crippen molar-refractivity contribution in [2.24, 2.45) is 13.0 Å². The van der Waals surface area contributed by atoms with Crippen molar-refractivity contribution in [2.45, 2.75) is 26.3 Å². The Hall–Kier alpha value is -2.34. The minimum absolute atomic E-state index is 0.0535. The number of ether oxygens (including phenoxy) is 1. The maximum Gasteiger partial charge on any atom is 0.227 e. The first-order valence-electron chi connectivity index (χ1n) is 9.00. The van der Waals surface area contributed by atoms with E-state index < -0.39 is 0 Å². The smallest absolute Gasteiger partial charge is 0.227 e. The van der Waals surface area contributed by atoms with Gasteiger partial charge >= 0.3 is 0 Å². The van der Waals surface area contributed by atoms with Crippen LogP contribution in [0.3, 0.4) is 0 Å². The molecule has 2 aromatic rings. The van der Waals surface area contributed by atoms with Gasteiger partial charge in [0.2, 0.25) is 5.91 Å². The van der Waals surface area contributed by atoms with E-state index in [1.807, 2.05) is 48.9 Å². The summed E-state index contributed by atoms with van der Waals surface area (Å²) in [6, 6.07) is 6.06. The van der Waals surface area contributed by atoms with E-state index in [-0.39, 0.29) is 17.7 Å². The fraction of sp³-hybridized carbons (Fsp3) is 0.500. The second-order valence-corrected chi connectivity index (χ2v) is 7.18. The Morgan fingerprint density at radius 1 is 1.38 bits per heavy atom. The van der Waals surface area contributed by atoms with Crippen molar-refractivity contribution in [3.05, 3.63) is 46.8 Å². The Labute approximate surface area is 155 Å². The third kappa shape index (κ3) is 3.46. The van der Waals surface area contributed by atoms with Crippen LogP contribution in [-0.4, -0.2) is 47.8 Å². The standard InChI is InChI=1S/C20H28N4O2/c1-13-8-15(6-7-19(13)26-5)12-23(3)20(25)18-10-21-9-17(18)16-11-22-24(4)14(16)2/h6-8,11,17-18,21H,9-10,12H2,1-5H3/t17-,18+/m1/s1. The molecule has 1 aromatic heterocycles. The summed E-state index contributed by atoms with van der Waals surface area (Å²) in [5.41, 5.74) is 4.49. The highest BCUT2D eigenvalue weighted by atomic mass is 16.5. The number of hydrogen-bond acceptors (Lipinski definition) is 4. The Morgan fingerprint density at radius 2 is 2.15 bits per heavy atom. The van der Waals surface area contributed by atoms with E-state index in [4.69, 9.17) is 4.74 Å². The van der Waals surface area contributed by atoms with Gasteiger partial charge < -0.3 is 15.0 Å². The molecular formula is C20H28N4O2. The van der Waals surface area contributed by atoms with E-state index in [0.29, 0.717) is 13.1 Å². The number of amides is 1. The summed E-state index contributed by atoms with van der Waals surface area (Å²) in [6.45, 7) is 6.21. The predicted octanol–water partition coefficient (Wildman–Crippen LogP) is 2.01. The molecule has 2 atom stereocenters. The third-order valence-corrected chi connectivity index (χ3v) is 5.46. The Balaban J connectivity index is 1.73. The molecule has 6 heteroatoms. The van der Waals surface area contributed by atoms with Gasteiger partial charge in [-0.15, -0.1) is 0 Å². The fourth-order valence-corrected chi connectivity index (χ4v) is 3.82. The van der Waals surface area contributed by atoms with Crippen LogP contribution in [0.1, 0.15) is 28.3 Å². The van der Waals surface area contributed by atoms with Crippen molar-refractivity contribution in [3.8, 4) is 5.75 Å². The average Bonchev–Trinajstić information content (AvgIpc) is 3.22. The van der Waals surface area contributed by atoms with Crippen molar-refractivity contribution in [3.63, 3.8) is 0 Å². The molecule has 1 N–H and O–H groups in total. The highest BCUT2D eigenvalue weighted by molar-refractivity contribution is 5.80. The normalized spacial score (nSPS) is 19.6. The maximum atomic E-state index is 13.1. The lowest BCUT2D eigenvalue weighted by Gasteiger charge is -2.25. The predicted molar refractivity (Wildman–Crippen MR) is 101 cm³/mol. The van der Waals surface area contributed by atoms with Crippen LogP contribution in [0, 0.1) is 19.8 Å². The fourth-order valence-electron chi connectivity index (χ4n) is 3.82. The zero-order valence-electron chi connectivity index (χ0n) is 16.2. The second kappa shape index (κ2) is 7.50. The third-order valence-electron chi connectivity index (χ3n) is 5.46. The number of carbonyl (C=O) groups is 1. The number of aryl methyl sites for hydroxylation is 2. The molecule has 1 aliphatic rings.